The smallest absolute Gasteiger partial charge is 0.225 e. The molecule has 1 amide bonds. The third kappa shape index (κ3) is 3.76. The molecule has 0 saturated heterocycles. The van der Waals surface area contributed by atoms with Crippen LogP contribution in [0.2, 0.25) is 0 Å². The van der Waals surface area contributed by atoms with E-state index in [-0.39, 0.29) is 11.8 Å². The summed E-state index contributed by atoms with van der Waals surface area (Å²) in [4.78, 5) is 13.6. The number of benzene rings is 2. The topological polar surface area (TPSA) is 38.3 Å². The SMILES string of the molecule is CCCCOc1ccc([C@@H]2CC(=O)Nc3c(-c4ccccc4)csc32)cc1. The molecule has 2 aromatic carbocycles. The second-order valence-electron chi connectivity index (χ2n) is 6.83. The normalized spacial score (nSPS) is 15.9. The van der Waals surface area contributed by atoms with Gasteiger partial charge < -0.3 is 10.1 Å². The first-order valence-corrected chi connectivity index (χ1v) is 10.3. The number of fused-ring (bicyclic) bond motifs is 1. The Hall–Kier alpha value is -2.59. The maximum Gasteiger partial charge on any atom is 0.225 e. The molecule has 1 aliphatic heterocycles. The van der Waals surface area contributed by atoms with Gasteiger partial charge in [0.25, 0.3) is 0 Å². The number of carbonyl (C=O) groups is 1. The average Bonchev–Trinajstić information content (AvgIpc) is 3.12. The number of hydrogen-bond donors (Lipinski definition) is 1. The summed E-state index contributed by atoms with van der Waals surface area (Å²) < 4.78 is 5.76. The van der Waals surface area contributed by atoms with Crippen molar-refractivity contribution >= 4 is 22.9 Å². The van der Waals surface area contributed by atoms with Crippen LogP contribution in [0.4, 0.5) is 5.69 Å². The van der Waals surface area contributed by atoms with E-state index in [9.17, 15) is 4.79 Å². The van der Waals surface area contributed by atoms with Crippen molar-refractivity contribution in [2.24, 2.45) is 0 Å². The Morgan fingerprint density at radius 1 is 1.11 bits per heavy atom. The third-order valence-corrected chi connectivity index (χ3v) is 6.02. The van der Waals surface area contributed by atoms with Gasteiger partial charge in [0.15, 0.2) is 0 Å². The van der Waals surface area contributed by atoms with Gasteiger partial charge in [-0.25, -0.2) is 0 Å². The van der Waals surface area contributed by atoms with Gasteiger partial charge in [-0.05, 0) is 29.7 Å². The quantitative estimate of drug-likeness (QED) is 0.530. The summed E-state index contributed by atoms with van der Waals surface area (Å²) in [5.74, 6) is 1.07. The Morgan fingerprint density at radius 3 is 2.63 bits per heavy atom. The van der Waals surface area contributed by atoms with E-state index >= 15 is 0 Å². The summed E-state index contributed by atoms with van der Waals surface area (Å²) in [6, 6.07) is 18.4. The zero-order valence-corrected chi connectivity index (χ0v) is 16.2. The van der Waals surface area contributed by atoms with Crippen molar-refractivity contribution in [2.75, 3.05) is 11.9 Å². The summed E-state index contributed by atoms with van der Waals surface area (Å²) in [6.07, 6.45) is 2.67. The minimum atomic E-state index is 0.0753. The monoisotopic (exact) mass is 377 g/mol. The van der Waals surface area contributed by atoms with Crippen LogP contribution in [0.5, 0.6) is 5.75 Å². The van der Waals surface area contributed by atoms with Crippen LogP contribution in [0, 0.1) is 0 Å². The number of nitrogens with one attached hydrogen (secondary N) is 1. The number of rotatable bonds is 6. The molecule has 0 spiro atoms. The van der Waals surface area contributed by atoms with Gasteiger partial charge in [-0.2, -0.15) is 0 Å². The van der Waals surface area contributed by atoms with Crippen LogP contribution in [-0.2, 0) is 4.79 Å². The molecule has 1 aromatic heterocycles. The van der Waals surface area contributed by atoms with Crippen LogP contribution >= 0.6 is 11.3 Å². The van der Waals surface area contributed by atoms with Gasteiger partial charge in [0.1, 0.15) is 5.75 Å². The molecule has 0 unspecified atom stereocenters. The molecule has 138 valence electrons. The van der Waals surface area contributed by atoms with E-state index in [4.69, 9.17) is 4.74 Å². The lowest BCUT2D eigenvalue weighted by Crippen LogP contribution is -2.22. The molecular weight excluding hydrogens is 354 g/mol. The lowest BCUT2D eigenvalue weighted by Gasteiger charge is -2.24. The fourth-order valence-electron chi connectivity index (χ4n) is 3.46. The van der Waals surface area contributed by atoms with Crippen LogP contribution in [0.15, 0.2) is 60.0 Å². The van der Waals surface area contributed by atoms with Crippen LogP contribution in [0.25, 0.3) is 11.1 Å². The first-order valence-electron chi connectivity index (χ1n) is 9.45. The molecule has 0 radical (unpaired) electrons. The number of thiophene rings is 1. The van der Waals surface area contributed by atoms with Crippen LogP contribution in [-0.4, -0.2) is 12.5 Å². The molecule has 3 nitrogen and oxygen atoms in total. The van der Waals surface area contributed by atoms with Crippen LogP contribution in [0.1, 0.15) is 42.5 Å². The van der Waals surface area contributed by atoms with Gasteiger partial charge in [0.2, 0.25) is 5.91 Å². The fraction of sp³-hybridized carbons (Fsp3) is 0.261. The molecule has 27 heavy (non-hydrogen) atoms. The fourth-order valence-corrected chi connectivity index (χ4v) is 4.62. The van der Waals surface area contributed by atoms with Gasteiger partial charge in [-0.3, -0.25) is 4.79 Å². The number of anilines is 1. The van der Waals surface area contributed by atoms with Crippen molar-refractivity contribution < 1.29 is 9.53 Å². The van der Waals surface area contributed by atoms with E-state index in [1.165, 1.54) is 4.88 Å². The second kappa shape index (κ2) is 7.97. The first-order chi connectivity index (χ1) is 13.3. The van der Waals surface area contributed by atoms with Crippen molar-refractivity contribution in [1.29, 1.82) is 0 Å². The molecule has 0 saturated carbocycles. The van der Waals surface area contributed by atoms with Crippen molar-refractivity contribution in [1.82, 2.24) is 0 Å². The summed E-state index contributed by atoms with van der Waals surface area (Å²) >= 11 is 1.73. The largest absolute Gasteiger partial charge is 0.494 e. The lowest BCUT2D eigenvalue weighted by atomic mass is 9.89. The Morgan fingerprint density at radius 2 is 1.89 bits per heavy atom. The summed E-state index contributed by atoms with van der Waals surface area (Å²) in [5, 5.41) is 5.25. The summed E-state index contributed by atoms with van der Waals surface area (Å²) in [5.41, 5.74) is 4.37. The number of amides is 1. The van der Waals surface area contributed by atoms with Crippen LogP contribution in [0.3, 0.4) is 0 Å². The lowest BCUT2D eigenvalue weighted by molar-refractivity contribution is -0.116. The second-order valence-corrected chi connectivity index (χ2v) is 7.74. The average molecular weight is 378 g/mol. The Kier molecular flexibility index (Phi) is 5.26. The molecule has 1 aliphatic rings. The minimum Gasteiger partial charge on any atom is -0.494 e. The number of ether oxygens (including phenoxy) is 1. The van der Waals surface area contributed by atoms with E-state index in [2.05, 4.69) is 41.9 Å². The highest BCUT2D eigenvalue weighted by molar-refractivity contribution is 7.11. The van der Waals surface area contributed by atoms with Crippen LogP contribution < -0.4 is 10.1 Å². The molecule has 0 bridgehead atoms. The zero-order valence-electron chi connectivity index (χ0n) is 15.4. The first kappa shape index (κ1) is 17.8. The van der Waals surface area contributed by atoms with E-state index in [0.717, 1.165) is 47.6 Å². The van der Waals surface area contributed by atoms with Gasteiger partial charge in [-0.15, -0.1) is 11.3 Å². The maximum atomic E-state index is 12.4. The number of hydrogen-bond acceptors (Lipinski definition) is 3. The van der Waals surface area contributed by atoms with Crippen molar-refractivity contribution in [3.05, 3.63) is 70.4 Å². The number of unbranched alkanes of at least 4 members (excludes halogenated alkanes) is 1. The minimum absolute atomic E-state index is 0.0753. The molecule has 2 heterocycles. The molecule has 1 N–H and O–H groups in total. The summed E-state index contributed by atoms with van der Waals surface area (Å²) in [7, 11) is 0. The molecule has 4 rings (SSSR count). The molecule has 1 atom stereocenters. The Balaban J connectivity index is 1.62. The van der Waals surface area contributed by atoms with E-state index in [1.54, 1.807) is 11.3 Å². The van der Waals surface area contributed by atoms with Crippen molar-refractivity contribution in [3.63, 3.8) is 0 Å². The van der Waals surface area contributed by atoms with Gasteiger partial charge >= 0.3 is 0 Å². The predicted octanol–water partition coefficient (Wildman–Crippen LogP) is 6.07. The highest BCUT2D eigenvalue weighted by Gasteiger charge is 2.30. The summed E-state index contributed by atoms with van der Waals surface area (Å²) in [6.45, 7) is 2.90. The molecule has 0 aliphatic carbocycles. The maximum absolute atomic E-state index is 12.4. The molecular formula is C23H23NO2S. The van der Waals surface area contributed by atoms with Gasteiger partial charge in [0, 0.05) is 28.2 Å². The van der Waals surface area contributed by atoms with Gasteiger partial charge in [-0.1, -0.05) is 55.8 Å². The van der Waals surface area contributed by atoms with E-state index in [0.29, 0.717) is 6.42 Å². The standard InChI is InChI=1S/C23H23NO2S/c1-2-3-13-26-18-11-9-17(10-12-18)19-14-21(25)24-22-20(15-27-23(19)22)16-7-5-4-6-8-16/h4-12,15,19H,2-3,13-14H2,1H3,(H,24,25)/t19-/m0/s1. The van der Waals surface area contributed by atoms with Crippen molar-refractivity contribution in [3.8, 4) is 16.9 Å². The Bertz CT molecular complexity index is 915. The van der Waals surface area contributed by atoms with Gasteiger partial charge in [0.05, 0.1) is 12.3 Å². The molecule has 0 fully saturated rings. The van der Waals surface area contributed by atoms with Crippen molar-refractivity contribution in [2.45, 2.75) is 32.1 Å². The third-order valence-electron chi connectivity index (χ3n) is 4.92. The van der Waals surface area contributed by atoms with E-state index in [1.807, 2.05) is 30.3 Å². The van der Waals surface area contributed by atoms with E-state index < -0.39 is 0 Å². The highest BCUT2D eigenvalue weighted by Crippen LogP contribution is 2.46. The zero-order chi connectivity index (χ0) is 18.6. The predicted molar refractivity (Wildman–Crippen MR) is 112 cm³/mol. The molecule has 4 heteroatoms. The number of carbonyl (C=O) groups excluding carboxylic acids is 1. The Labute approximate surface area is 164 Å². The highest BCUT2D eigenvalue weighted by atomic mass is 32.1. The molecule has 3 aromatic rings.